The van der Waals surface area contributed by atoms with Gasteiger partial charge in [0.15, 0.2) is 11.5 Å². The molecule has 30 heavy (non-hydrogen) atoms. The third-order valence-corrected chi connectivity index (χ3v) is 6.68. The highest BCUT2D eigenvalue weighted by Gasteiger charge is 2.32. The maximum atomic E-state index is 12.9. The molecule has 2 aromatic carbocycles. The second kappa shape index (κ2) is 9.03. The minimum atomic E-state index is -3.65. The Morgan fingerprint density at radius 2 is 1.80 bits per heavy atom. The summed E-state index contributed by atoms with van der Waals surface area (Å²) in [6, 6.07) is 10.7. The molecule has 3 rings (SSSR count). The standard InChI is InChI=1S/C21H26N2O6S/c1-14-12-23(13-15(2)29-14)30(26,27)18-7-5-17(6-8-18)21(25)22-11-16-4-9-19(24)20(10-16)28-3/h4-10,14-15,24H,11-13H2,1-3H3,(H,22,25). The molecule has 9 heteroatoms. The van der Waals surface area contributed by atoms with Gasteiger partial charge in [-0.2, -0.15) is 4.31 Å². The molecule has 1 fully saturated rings. The zero-order valence-corrected chi connectivity index (χ0v) is 18.0. The van der Waals surface area contributed by atoms with E-state index >= 15 is 0 Å². The topological polar surface area (TPSA) is 105 Å². The Kier molecular flexibility index (Phi) is 6.64. The van der Waals surface area contributed by atoms with E-state index in [1.54, 1.807) is 12.1 Å². The Hall–Kier alpha value is -2.62. The van der Waals surface area contributed by atoms with Gasteiger partial charge in [0.05, 0.1) is 24.2 Å². The van der Waals surface area contributed by atoms with Gasteiger partial charge in [-0.05, 0) is 55.8 Å². The lowest BCUT2D eigenvalue weighted by atomic mass is 10.1. The summed E-state index contributed by atoms with van der Waals surface area (Å²) in [6.45, 7) is 4.51. The van der Waals surface area contributed by atoms with Crippen molar-refractivity contribution >= 4 is 15.9 Å². The van der Waals surface area contributed by atoms with E-state index < -0.39 is 10.0 Å². The van der Waals surface area contributed by atoms with E-state index in [4.69, 9.17) is 9.47 Å². The Bertz CT molecular complexity index is 997. The number of nitrogens with one attached hydrogen (secondary N) is 1. The molecule has 0 bridgehead atoms. The number of methoxy groups -OCH3 is 1. The quantitative estimate of drug-likeness (QED) is 0.722. The van der Waals surface area contributed by atoms with Gasteiger partial charge < -0.3 is 19.9 Å². The average molecular weight is 435 g/mol. The molecule has 1 aliphatic heterocycles. The SMILES string of the molecule is COc1cc(CNC(=O)c2ccc(S(=O)(=O)N3CC(C)OC(C)C3)cc2)ccc1O. The van der Waals surface area contributed by atoms with Crippen molar-refractivity contribution in [2.45, 2.75) is 37.5 Å². The summed E-state index contributed by atoms with van der Waals surface area (Å²) in [5, 5.41) is 12.4. The number of sulfonamides is 1. The number of hydrogen-bond donors (Lipinski definition) is 2. The van der Waals surface area contributed by atoms with Gasteiger partial charge >= 0.3 is 0 Å². The summed E-state index contributed by atoms with van der Waals surface area (Å²) in [6.07, 6.45) is -0.348. The number of nitrogens with zero attached hydrogens (tertiary/aromatic N) is 1. The predicted molar refractivity (Wildman–Crippen MR) is 111 cm³/mol. The number of benzene rings is 2. The minimum Gasteiger partial charge on any atom is -0.504 e. The molecule has 1 saturated heterocycles. The first-order chi connectivity index (χ1) is 14.2. The van der Waals surface area contributed by atoms with Gasteiger partial charge in [-0.1, -0.05) is 6.07 Å². The third-order valence-electron chi connectivity index (χ3n) is 4.84. The van der Waals surface area contributed by atoms with E-state index in [0.717, 1.165) is 5.56 Å². The van der Waals surface area contributed by atoms with Crippen LogP contribution in [0.1, 0.15) is 29.8 Å². The van der Waals surface area contributed by atoms with Crippen LogP contribution in [0.4, 0.5) is 0 Å². The largest absolute Gasteiger partial charge is 0.504 e. The van der Waals surface area contributed by atoms with Crippen molar-refractivity contribution in [2.75, 3.05) is 20.2 Å². The lowest BCUT2D eigenvalue weighted by molar-refractivity contribution is -0.0440. The van der Waals surface area contributed by atoms with Crippen LogP contribution in [0.2, 0.25) is 0 Å². The number of carbonyl (C=O) groups excluding carboxylic acids is 1. The maximum Gasteiger partial charge on any atom is 0.251 e. The first-order valence-corrected chi connectivity index (χ1v) is 11.0. The Morgan fingerprint density at radius 1 is 1.17 bits per heavy atom. The second-order valence-electron chi connectivity index (χ2n) is 7.29. The van der Waals surface area contributed by atoms with Crippen molar-refractivity contribution in [3.8, 4) is 11.5 Å². The highest BCUT2D eigenvalue weighted by Crippen LogP contribution is 2.26. The molecule has 1 heterocycles. The fraction of sp³-hybridized carbons (Fsp3) is 0.381. The van der Waals surface area contributed by atoms with Gasteiger partial charge in [-0.25, -0.2) is 8.42 Å². The van der Waals surface area contributed by atoms with E-state index in [2.05, 4.69) is 5.32 Å². The number of hydrogen-bond acceptors (Lipinski definition) is 6. The van der Waals surface area contributed by atoms with Crippen LogP contribution in [0.3, 0.4) is 0 Å². The van der Waals surface area contributed by atoms with E-state index in [0.29, 0.717) is 24.4 Å². The van der Waals surface area contributed by atoms with Gasteiger partial charge in [0, 0.05) is 25.2 Å². The van der Waals surface area contributed by atoms with Crippen LogP contribution in [0.15, 0.2) is 47.4 Å². The van der Waals surface area contributed by atoms with Gasteiger partial charge in [0.25, 0.3) is 5.91 Å². The van der Waals surface area contributed by atoms with Gasteiger partial charge in [-0.3, -0.25) is 4.79 Å². The second-order valence-corrected chi connectivity index (χ2v) is 9.23. The smallest absolute Gasteiger partial charge is 0.251 e. The van der Waals surface area contributed by atoms with Gasteiger partial charge in [0.1, 0.15) is 0 Å². The minimum absolute atomic E-state index is 0.0217. The number of morpholine rings is 1. The highest BCUT2D eigenvalue weighted by atomic mass is 32.2. The molecule has 8 nitrogen and oxygen atoms in total. The summed E-state index contributed by atoms with van der Waals surface area (Å²) in [4.78, 5) is 12.6. The lowest BCUT2D eigenvalue weighted by Crippen LogP contribution is -2.48. The number of phenols is 1. The number of carbonyl (C=O) groups is 1. The summed E-state index contributed by atoms with van der Waals surface area (Å²) in [5.41, 5.74) is 1.11. The van der Waals surface area contributed by atoms with Crippen LogP contribution in [0, 0.1) is 0 Å². The zero-order chi connectivity index (χ0) is 21.9. The number of aromatic hydroxyl groups is 1. The molecule has 2 N–H and O–H groups in total. The molecule has 2 aromatic rings. The van der Waals surface area contributed by atoms with Crippen molar-refractivity contribution < 1.29 is 27.8 Å². The number of ether oxygens (including phenoxy) is 2. The molecule has 0 aliphatic carbocycles. The molecule has 2 unspecified atom stereocenters. The molecule has 2 atom stereocenters. The Balaban J connectivity index is 1.67. The number of amides is 1. The zero-order valence-electron chi connectivity index (χ0n) is 17.2. The molecular weight excluding hydrogens is 408 g/mol. The molecule has 0 saturated carbocycles. The van der Waals surface area contributed by atoms with E-state index in [-0.39, 0.29) is 35.3 Å². The van der Waals surface area contributed by atoms with Gasteiger partial charge in [0.2, 0.25) is 10.0 Å². The van der Waals surface area contributed by atoms with Crippen LogP contribution in [0.25, 0.3) is 0 Å². The number of rotatable bonds is 6. The highest BCUT2D eigenvalue weighted by molar-refractivity contribution is 7.89. The molecule has 162 valence electrons. The van der Waals surface area contributed by atoms with Crippen molar-refractivity contribution in [3.63, 3.8) is 0 Å². The van der Waals surface area contributed by atoms with E-state index in [1.165, 1.54) is 41.7 Å². The molecule has 1 aliphatic rings. The fourth-order valence-electron chi connectivity index (χ4n) is 3.37. The van der Waals surface area contributed by atoms with Crippen molar-refractivity contribution in [2.24, 2.45) is 0 Å². The van der Waals surface area contributed by atoms with Crippen LogP contribution >= 0.6 is 0 Å². The molecule has 0 aromatic heterocycles. The van der Waals surface area contributed by atoms with Crippen molar-refractivity contribution in [1.29, 1.82) is 0 Å². The van der Waals surface area contributed by atoms with Crippen molar-refractivity contribution in [3.05, 3.63) is 53.6 Å². The van der Waals surface area contributed by atoms with Crippen LogP contribution < -0.4 is 10.1 Å². The van der Waals surface area contributed by atoms with Crippen LogP contribution in [-0.4, -0.2) is 56.1 Å². The third kappa shape index (κ3) is 4.92. The predicted octanol–water partition coefficient (Wildman–Crippen LogP) is 2.13. The molecular formula is C21H26N2O6S. The lowest BCUT2D eigenvalue weighted by Gasteiger charge is -2.34. The van der Waals surface area contributed by atoms with Crippen LogP contribution in [0.5, 0.6) is 11.5 Å². The van der Waals surface area contributed by atoms with E-state index in [1.807, 2.05) is 13.8 Å². The fourth-order valence-corrected chi connectivity index (χ4v) is 4.96. The molecule has 0 radical (unpaired) electrons. The average Bonchev–Trinajstić information content (AvgIpc) is 2.72. The summed E-state index contributed by atoms with van der Waals surface area (Å²) < 4.78 is 37.9. The normalized spacial score (nSPS) is 20.0. The Morgan fingerprint density at radius 3 is 2.40 bits per heavy atom. The number of phenolic OH excluding ortho intramolecular Hbond substituents is 1. The Labute approximate surface area is 176 Å². The summed E-state index contributed by atoms with van der Waals surface area (Å²) >= 11 is 0. The summed E-state index contributed by atoms with van der Waals surface area (Å²) in [7, 11) is -2.20. The van der Waals surface area contributed by atoms with Crippen LogP contribution in [-0.2, 0) is 21.3 Å². The maximum absolute atomic E-state index is 12.9. The van der Waals surface area contributed by atoms with Crippen molar-refractivity contribution in [1.82, 2.24) is 9.62 Å². The van der Waals surface area contributed by atoms with E-state index in [9.17, 15) is 18.3 Å². The first-order valence-electron chi connectivity index (χ1n) is 9.60. The first kappa shape index (κ1) is 22.1. The summed E-state index contributed by atoms with van der Waals surface area (Å²) in [5.74, 6) is 0.0103. The molecule has 0 spiro atoms. The monoisotopic (exact) mass is 434 g/mol. The molecule has 1 amide bonds. The van der Waals surface area contributed by atoms with Gasteiger partial charge in [-0.15, -0.1) is 0 Å².